The molecular formula is C49H33N5. The summed E-state index contributed by atoms with van der Waals surface area (Å²) in [5.41, 5.74) is 11.3. The van der Waals surface area contributed by atoms with Crippen LogP contribution in [0.1, 0.15) is 23.5 Å². The molecule has 3 aromatic heterocycles. The van der Waals surface area contributed by atoms with Crippen molar-refractivity contribution in [1.82, 2.24) is 24.1 Å². The lowest BCUT2D eigenvalue weighted by Crippen LogP contribution is -2.09. The van der Waals surface area contributed by atoms with Gasteiger partial charge < -0.3 is 9.13 Å². The van der Waals surface area contributed by atoms with Gasteiger partial charge in [0.2, 0.25) is 0 Å². The molecule has 0 spiro atoms. The van der Waals surface area contributed by atoms with Gasteiger partial charge in [0.05, 0.1) is 22.2 Å². The molecule has 3 heterocycles. The van der Waals surface area contributed by atoms with Gasteiger partial charge in [-0.1, -0.05) is 121 Å². The molecular weight excluding hydrogens is 659 g/mol. The van der Waals surface area contributed by atoms with Crippen LogP contribution in [0, 0.1) is 0 Å². The van der Waals surface area contributed by atoms with Gasteiger partial charge in [-0.25, -0.2) is 15.0 Å². The van der Waals surface area contributed by atoms with Crippen molar-refractivity contribution in [2.75, 3.05) is 0 Å². The first-order valence-corrected chi connectivity index (χ1v) is 18.5. The van der Waals surface area contributed by atoms with E-state index in [0.717, 1.165) is 46.3 Å². The lowest BCUT2D eigenvalue weighted by molar-refractivity contribution is 0.885. The second-order valence-electron chi connectivity index (χ2n) is 14.0. The lowest BCUT2D eigenvalue weighted by atomic mass is 9.95. The zero-order valence-electron chi connectivity index (χ0n) is 29.4. The second kappa shape index (κ2) is 12.2. The van der Waals surface area contributed by atoms with Crippen molar-refractivity contribution in [3.8, 4) is 34.2 Å². The summed E-state index contributed by atoms with van der Waals surface area (Å²) in [6.45, 7) is 0. The molecule has 0 amide bonds. The van der Waals surface area contributed by atoms with E-state index in [1.807, 2.05) is 18.2 Å². The summed E-state index contributed by atoms with van der Waals surface area (Å²) in [5, 5.41) is 6.10. The smallest absolute Gasteiger partial charge is 0.166 e. The zero-order chi connectivity index (χ0) is 35.6. The van der Waals surface area contributed by atoms with Crippen LogP contribution < -0.4 is 0 Å². The van der Waals surface area contributed by atoms with E-state index in [0.29, 0.717) is 17.5 Å². The van der Waals surface area contributed by atoms with Crippen molar-refractivity contribution in [1.29, 1.82) is 0 Å². The van der Waals surface area contributed by atoms with Crippen LogP contribution >= 0.6 is 0 Å². The summed E-state index contributed by atoms with van der Waals surface area (Å²) in [6.07, 6.45) is 4.01. The molecule has 5 nitrogen and oxygen atoms in total. The van der Waals surface area contributed by atoms with Gasteiger partial charge in [0.15, 0.2) is 17.5 Å². The third kappa shape index (κ3) is 4.82. The quantitative estimate of drug-likeness (QED) is 0.180. The summed E-state index contributed by atoms with van der Waals surface area (Å²) in [5.74, 6) is 2.03. The normalized spacial score (nSPS) is 12.8. The first kappa shape index (κ1) is 30.5. The molecule has 1 aliphatic carbocycles. The highest BCUT2D eigenvalue weighted by Crippen LogP contribution is 2.40. The van der Waals surface area contributed by atoms with Crippen molar-refractivity contribution in [3.05, 3.63) is 187 Å². The minimum absolute atomic E-state index is 0.652. The Hall–Kier alpha value is -7.11. The highest BCUT2D eigenvalue weighted by Gasteiger charge is 2.25. The average Bonchev–Trinajstić information content (AvgIpc) is 3.75. The largest absolute Gasteiger partial charge is 0.313 e. The number of fused-ring (bicyclic) bond motifs is 7. The first-order valence-electron chi connectivity index (χ1n) is 18.5. The molecule has 0 N–H and O–H groups in total. The molecule has 0 saturated heterocycles. The van der Waals surface area contributed by atoms with Gasteiger partial charge >= 0.3 is 0 Å². The van der Waals surface area contributed by atoms with Crippen molar-refractivity contribution < 1.29 is 0 Å². The molecule has 0 aliphatic heterocycles. The Morgan fingerprint density at radius 2 is 1.04 bits per heavy atom. The fraction of sp³-hybridized carbons (Fsp3) is 0.0408. The van der Waals surface area contributed by atoms with Gasteiger partial charge in [0.25, 0.3) is 0 Å². The van der Waals surface area contributed by atoms with Crippen molar-refractivity contribution in [3.63, 3.8) is 0 Å². The predicted molar refractivity (Wildman–Crippen MR) is 222 cm³/mol. The van der Waals surface area contributed by atoms with Crippen LogP contribution in [0.5, 0.6) is 0 Å². The lowest BCUT2D eigenvalue weighted by Gasteiger charge is -2.18. The Kier molecular flexibility index (Phi) is 6.92. The maximum absolute atomic E-state index is 5.34. The number of para-hydroxylation sites is 4. The zero-order valence-corrected chi connectivity index (χ0v) is 29.4. The predicted octanol–water partition coefficient (Wildman–Crippen LogP) is 11.9. The Bertz CT molecular complexity index is 3100. The fourth-order valence-corrected chi connectivity index (χ4v) is 8.40. The first-order chi connectivity index (χ1) is 26.8. The Morgan fingerprint density at radius 1 is 0.426 bits per heavy atom. The molecule has 0 saturated carbocycles. The molecule has 0 fully saturated rings. The maximum Gasteiger partial charge on any atom is 0.166 e. The number of hydrogen-bond donors (Lipinski definition) is 0. The molecule has 11 rings (SSSR count). The number of hydrogen-bond acceptors (Lipinski definition) is 3. The molecule has 0 radical (unpaired) electrons. The summed E-state index contributed by atoms with van der Waals surface area (Å²) in [7, 11) is 0. The summed E-state index contributed by atoms with van der Waals surface area (Å²) in [6, 6.07) is 60.0. The molecule has 54 heavy (non-hydrogen) atoms. The maximum atomic E-state index is 5.34. The van der Waals surface area contributed by atoms with Crippen LogP contribution in [0.3, 0.4) is 0 Å². The van der Waals surface area contributed by atoms with Crippen LogP contribution in [0.2, 0.25) is 0 Å². The SMILES string of the molecule is C1=C(c2nc(-c3ccccc3)nc(-c3ccccc3-n3c4ccccc4c4cc5ccccc5cc43)n2)CCc2c1c1ccccc1n2-c1ccccc1. The van der Waals surface area contributed by atoms with Gasteiger partial charge in [0, 0.05) is 44.2 Å². The highest BCUT2D eigenvalue weighted by molar-refractivity contribution is 6.14. The minimum Gasteiger partial charge on any atom is -0.313 e. The van der Waals surface area contributed by atoms with Gasteiger partial charge in [0.1, 0.15) is 0 Å². The molecule has 7 aromatic carbocycles. The molecule has 10 aromatic rings. The van der Waals surface area contributed by atoms with E-state index in [-0.39, 0.29) is 0 Å². The van der Waals surface area contributed by atoms with E-state index in [2.05, 4.69) is 167 Å². The summed E-state index contributed by atoms with van der Waals surface area (Å²) >= 11 is 0. The minimum atomic E-state index is 0.652. The van der Waals surface area contributed by atoms with E-state index < -0.39 is 0 Å². The molecule has 1 aliphatic rings. The van der Waals surface area contributed by atoms with E-state index in [1.165, 1.54) is 49.4 Å². The van der Waals surface area contributed by atoms with Gasteiger partial charge in [-0.05, 0) is 83.8 Å². The van der Waals surface area contributed by atoms with Crippen LogP contribution in [0.4, 0.5) is 0 Å². The molecule has 5 heteroatoms. The third-order valence-electron chi connectivity index (χ3n) is 10.9. The Morgan fingerprint density at radius 3 is 1.85 bits per heavy atom. The van der Waals surface area contributed by atoms with Gasteiger partial charge in [-0.2, -0.15) is 0 Å². The van der Waals surface area contributed by atoms with E-state index in [9.17, 15) is 0 Å². The molecule has 254 valence electrons. The van der Waals surface area contributed by atoms with Crippen LogP contribution in [-0.2, 0) is 6.42 Å². The van der Waals surface area contributed by atoms with Gasteiger partial charge in [-0.15, -0.1) is 0 Å². The van der Waals surface area contributed by atoms with E-state index >= 15 is 0 Å². The summed E-state index contributed by atoms with van der Waals surface area (Å²) < 4.78 is 4.79. The number of aromatic nitrogens is 5. The second-order valence-corrected chi connectivity index (χ2v) is 14.0. The van der Waals surface area contributed by atoms with E-state index in [4.69, 9.17) is 15.0 Å². The standard InChI is InChI=1S/C49H33N5/c1-3-15-32(16-4-1)47-50-48(35-27-28-45-40(30-35)37-21-9-12-24-42(37)53(45)36-19-5-2-6-20-36)52-49(51-47)39-23-11-14-26-44(39)54-43-25-13-10-22-38(43)41-29-33-17-7-8-18-34(33)31-46(41)54/h1-26,29-31H,27-28H2. The molecule has 0 atom stereocenters. The monoisotopic (exact) mass is 691 g/mol. The van der Waals surface area contributed by atoms with Crippen molar-refractivity contribution in [2.24, 2.45) is 0 Å². The van der Waals surface area contributed by atoms with E-state index in [1.54, 1.807) is 0 Å². The van der Waals surface area contributed by atoms with Crippen LogP contribution in [-0.4, -0.2) is 24.1 Å². The van der Waals surface area contributed by atoms with Crippen molar-refractivity contribution >= 4 is 55.1 Å². The van der Waals surface area contributed by atoms with Crippen molar-refractivity contribution in [2.45, 2.75) is 12.8 Å². The molecule has 0 bridgehead atoms. The van der Waals surface area contributed by atoms with Gasteiger partial charge in [-0.3, -0.25) is 0 Å². The van der Waals surface area contributed by atoms with Crippen LogP contribution in [0.15, 0.2) is 170 Å². The number of allylic oxidation sites excluding steroid dienone is 1. The molecule has 0 unspecified atom stereocenters. The third-order valence-corrected chi connectivity index (χ3v) is 10.9. The summed E-state index contributed by atoms with van der Waals surface area (Å²) in [4.78, 5) is 15.8. The number of benzene rings is 7. The van der Waals surface area contributed by atoms with Crippen LogP contribution in [0.25, 0.3) is 89.3 Å². The average molecular weight is 692 g/mol. The topological polar surface area (TPSA) is 48.5 Å². The number of rotatable bonds is 5. The Balaban J connectivity index is 1.14. The fourth-order valence-electron chi connectivity index (χ4n) is 8.40. The number of nitrogens with zero attached hydrogens (tertiary/aromatic N) is 5. The Labute approximate surface area is 312 Å². The highest BCUT2D eigenvalue weighted by atomic mass is 15.1.